The van der Waals surface area contributed by atoms with Crippen LogP contribution >= 0.6 is 11.3 Å². The molecule has 0 radical (unpaired) electrons. The number of methoxy groups -OCH3 is 1. The van der Waals surface area contributed by atoms with Gasteiger partial charge in [0.1, 0.15) is 4.21 Å². The molecule has 0 N–H and O–H groups in total. The van der Waals surface area contributed by atoms with Crippen LogP contribution < -0.4 is 0 Å². The minimum Gasteiger partial charge on any atom is -0.379 e. The Morgan fingerprint density at radius 2 is 1.87 bits per heavy atom. The summed E-state index contributed by atoms with van der Waals surface area (Å²) in [5.41, 5.74) is 1.06. The van der Waals surface area contributed by atoms with Crippen LogP contribution in [0, 0.1) is 5.92 Å². The summed E-state index contributed by atoms with van der Waals surface area (Å²) >= 11 is 1.23. The Morgan fingerprint density at radius 1 is 1.13 bits per heavy atom. The van der Waals surface area contributed by atoms with Gasteiger partial charge in [0.2, 0.25) is 5.91 Å². The summed E-state index contributed by atoms with van der Waals surface area (Å²) in [6.07, 6.45) is 0.644. The molecule has 0 bridgehead atoms. The minimum absolute atomic E-state index is 0.0235. The topological polar surface area (TPSA) is 76.2 Å². The second-order valence-electron chi connectivity index (χ2n) is 7.95. The second-order valence-corrected chi connectivity index (χ2v) is 11.3. The summed E-state index contributed by atoms with van der Waals surface area (Å²) in [5.74, 6) is -0.376. The van der Waals surface area contributed by atoms with Crippen LogP contribution in [0.4, 0.5) is 0 Å². The molecule has 31 heavy (non-hydrogen) atoms. The Balaban J connectivity index is 1.61. The minimum atomic E-state index is -3.70. The van der Waals surface area contributed by atoms with Crippen molar-refractivity contribution in [3.8, 4) is 0 Å². The van der Waals surface area contributed by atoms with Crippen molar-refractivity contribution in [1.82, 2.24) is 9.21 Å². The third-order valence-corrected chi connectivity index (χ3v) is 9.24. The number of sulfonamides is 1. The first-order valence-electron chi connectivity index (χ1n) is 10.5. The van der Waals surface area contributed by atoms with Crippen molar-refractivity contribution in [1.29, 1.82) is 0 Å². The molecule has 2 fully saturated rings. The summed E-state index contributed by atoms with van der Waals surface area (Å²) in [6.45, 7) is 3.13. The van der Waals surface area contributed by atoms with Crippen molar-refractivity contribution < 1.29 is 22.7 Å². The fourth-order valence-corrected chi connectivity index (χ4v) is 7.30. The molecule has 3 heterocycles. The zero-order valence-corrected chi connectivity index (χ0v) is 19.2. The molecule has 2 saturated heterocycles. The van der Waals surface area contributed by atoms with Gasteiger partial charge in [-0.3, -0.25) is 4.79 Å². The summed E-state index contributed by atoms with van der Waals surface area (Å²) in [6, 6.07) is 13.3. The number of ether oxygens (including phenoxy) is 2. The third kappa shape index (κ3) is 5.01. The number of amides is 1. The number of benzene rings is 1. The molecule has 0 spiro atoms. The molecule has 2 atom stereocenters. The number of hydrogen-bond acceptors (Lipinski definition) is 6. The first-order chi connectivity index (χ1) is 15.0. The van der Waals surface area contributed by atoms with Gasteiger partial charge < -0.3 is 14.4 Å². The van der Waals surface area contributed by atoms with E-state index in [1.807, 2.05) is 35.2 Å². The van der Waals surface area contributed by atoms with E-state index < -0.39 is 10.0 Å². The number of carbonyl (C=O) groups excluding carboxylic acids is 1. The first-order valence-corrected chi connectivity index (χ1v) is 12.7. The van der Waals surface area contributed by atoms with Gasteiger partial charge in [-0.25, -0.2) is 8.42 Å². The number of carbonyl (C=O) groups is 1. The van der Waals surface area contributed by atoms with Crippen molar-refractivity contribution in [2.75, 3.05) is 46.5 Å². The molecule has 1 aromatic heterocycles. The highest BCUT2D eigenvalue weighted by atomic mass is 32.2. The summed E-state index contributed by atoms with van der Waals surface area (Å²) in [7, 11) is -2.11. The molecule has 168 valence electrons. The lowest BCUT2D eigenvalue weighted by atomic mass is 9.85. The predicted molar refractivity (Wildman–Crippen MR) is 118 cm³/mol. The molecule has 2 unspecified atom stereocenters. The van der Waals surface area contributed by atoms with Gasteiger partial charge in [0.25, 0.3) is 10.0 Å². The van der Waals surface area contributed by atoms with Gasteiger partial charge in [0.05, 0.1) is 25.7 Å². The highest BCUT2D eigenvalue weighted by molar-refractivity contribution is 7.91. The Morgan fingerprint density at radius 3 is 2.58 bits per heavy atom. The fraction of sp³-hybridized carbons (Fsp3) is 0.500. The lowest BCUT2D eigenvalue weighted by Gasteiger charge is -2.39. The van der Waals surface area contributed by atoms with Crippen molar-refractivity contribution in [2.24, 2.45) is 5.92 Å². The van der Waals surface area contributed by atoms with Crippen LogP contribution in [0.1, 0.15) is 22.8 Å². The van der Waals surface area contributed by atoms with Crippen LogP contribution in [0.2, 0.25) is 0 Å². The monoisotopic (exact) mass is 464 g/mol. The van der Waals surface area contributed by atoms with Gasteiger partial charge >= 0.3 is 0 Å². The van der Waals surface area contributed by atoms with E-state index in [0.29, 0.717) is 50.1 Å². The lowest BCUT2D eigenvalue weighted by Crippen LogP contribution is -2.51. The number of hydrogen-bond donors (Lipinski definition) is 0. The lowest BCUT2D eigenvalue weighted by molar-refractivity contribution is -0.141. The Kier molecular flexibility index (Phi) is 7.08. The van der Waals surface area contributed by atoms with Crippen LogP contribution in [0.25, 0.3) is 0 Å². The molecular formula is C22H28N2O5S2. The molecule has 9 heteroatoms. The van der Waals surface area contributed by atoms with E-state index in [0.717, 1.165) is 10.4 Å². The smallest absolute Gasteiger partial charge is 0.252 e. The maximum Gasteiger partial charge on any atom is 0.252 e. The van der Waals surface area contributed by atoms with Crippen molar-refractivity contribution in [3.63, 3.8) is 0 Å². The number of nitrogens with zero attached hydrogens (tertiary/aromatic N) is 2. The van der Waals surface area contributed by atoms with Crippen LogP contribution in [0.15, 0.2) is 46.7 Å². The van der Waals surface area contributed by atoms with Gasteiger partial charge in [0, 0.05) is 38.2 Å². The van der Waals surface area contributed by atoms with E-state index in [9.17, 15) is 13.2 Å². The number of piperidine rings is 1. The van der Waals surface area contributed by atoms with Gasteiger partial charge in [0.15, 0.2) is 0 Å². The maximum atomic E-state index is 13.5. The molecular weight excluding hydrogens is 436 g/mol. The van der Waals surface area contributed by atoms with Gasteiger partial charge in [-0.1, -0.05) is 30.3 Å². The number of thiophene rings is 1. The Bertz CT molecular complexity index is 986. The van der Waals surface area contributed by atoms with Gasteiger partial charge in [-0.15, -0.1) is 11.3 Å². The standard InChI is InChI=1S/C22H28N2O5S2/c1-28-16-20-7-8-21(30-20)31(26,27)24-14-18(17-5-3-2-4-6-17)13-19(15-24)22(25)23-9-11-29-12-10-23/h2-8,18-19H,9-16H2,1H3. The highest BCUT2D eigenvalue weighted by Crippen LogP contribution is 2.35. The third-order valence-electron chi connectivity index (χ3n) is 5.88. The quantitative estimate of drug-likeness (QED) is 0.657. The van der Waals surface area contributed by atoms with E-state index in [-0.39, 0.29) is 24.3 Å². The fourth-order valence-electron chi connectivity index (χ4n) is 4.29. The molecule has 2 aliphatic rings. The largest absolute Gasteiger partial charge is 0.379 e. The zero-order chi connectivity index (χ0) is 21.8. The molecule has 0 saturated carbocycles. The molecule has 2 aliphatic heterocycles. The normalized spacial score (nSPS) is 23.1. The van der Waals surface area contributed by atoms with Crippen LogP contribution in [-0.2, 0) is 30.9 Å². The van der Waals surface area contributed by atoms with E-state index in [1.165, 1.54) is 15.6 Å². The van der Waals surface area contributed by atoms with Gasteiger partial charge in [-0.2, -0.15) is 4.31 Å². The summed E-state index contributed by atoms with van der Waals surface area (Å²) in [4.78, 5) is 15.9. The molecule has 4 rings (SSSR count). The van der Waals surface area contributed by atoms with Crippen LogP contribution in [0.5, 0.6) is 0 Å². The number of rotatable bonds is 6. The van der Waals surface area contributed by atoms with E-state index in [4.69, 9.17) is 9.47 Å². The SMILES string of the molecule is COCc1ccc(S(=O)(=O)N2CC(C(=O)N3CCOCC3)CC(c3ccccc3)C2)s1. The molecule has 7 nitrogen and oxygen atoms in total. The second kappa shape index (κ2) is 9.79. The molecule has 1 amide bonds. The van der Waals surface area contributed by atoms with Crippen molar-refractivity contribution in [3.05, 3.63) is 52.9 Å². The van der Waals surface area contributed by atoms with E-state index in [1.54, 1.807) is 19.2 Å². The number of morpholine rings is 1. The maximum absolute atomic E-state index is 13.5. The average Bonchev–Trinajstić information content (AvgIpc) is 3.29. The van der Waals surface area contributed by atoms with Crippen molar-refractivity contribution in [2.45, 2.75) is 23.2 Å². The van der Waals surface area contributed by atoms with Gasteiger partial charge in [-0.05, 0) is 30.0 Å². The zero-order valence-electron chi connectivity index (χ0n) is 17.6. The molecule has 2 aromatic rings. The van der Waals surface area contributed by atoms with E-state index >= 15 is 0 Å². The van der Waals surface area contributed by atoms with Crippen LogP contribution in [0.3, 0.4) is 0 Å². The molecule has 0 aliphatic carbocycles. The van der Waals surface area contributed by atoms with Crippen molar-refractivity contribution >= 4 is 27.3 Å². The summed E-state index contributed by atoms with van der Waals surface area (Å²) < 4.78 is 39.3. The Hall–Kier alpha value is -1.78. The van der Waals surface area contributed by atoms with E-state index in [2.05, 4.69) is 0 Å². The first kappa shape index (κ1) is 22.4. The average molecular weight is 465 g/mol. The predicted octanol–water partition coefficient (Wildman–Crippen LogP) is 2.55. The Labute approximate surface area is 187 Å². The molecule has 1 aromatic carbocycles. The van der Waals surface area contributed by atoms with Crippen LogP contribution in [-0.4, -0.2) is 70.0 Å². The highest BCUT2D eigenvalue weighted by Gasteiger charge is 2.40. The summed E-state index contributed by atoms with van der Waals surface area (Å²) in [5, 5.41) is 0.